The van der Waals surface area contributed by atoms with Crippen molar-refractivity contribution in [2.24, 2.45) is 5.73 Å². The van der Waals surface area contributed by atoms with Crippen molar-refractivity contribution in [3.05, 3.63) is 22.4 Å². The minimum absolute atomic E-state index is 0.0549. The lowest BCUT2D eigenvalue weighted by atomic mass is 10.2. The topological polar surface area (TPSA) is 65.2 Å². The van der Waals surface area contributed by atoms with Crippen LogP contribution in [0.25, 0.3) is 0 Å². The number of pyridine rings is 1. The zero-order valence-corrected chi connectivity index (χ0v) is 8.67. The van der Waals surface area contributed by atoms with Crippen LogP contribution in [0, 0.1) is 0 Å². The van der Waals surface area contributed by atoms with Crippen molar-refractivity contribution in [3.63, 3.8) is 0 Å². The first-order chi connectivity index (χ1) is 6.20. The van der Waals surface area contributed by atoms with Crippen LogP contribution in [0.2, 0.25) is 0 Å². The second-order valence-corrected chi connectivity index (χ2v) is 3.06. The van der Waals surface area contributed by atoms with Crippen LogP contribution in [-0.4, -0.2) is 24.4 Å². The van der Waals surface area contributed by atoms with Gasteiger partial charge in [-0.15, -0.1) is 0 Å². The van der Waals surface area contributed by atoms with Crippen molar-refractivity contribution in [1.29, 1.82) is 0 Å². The standard InChI is InChI=1S/C8H9BrN2O2/c1-13-6-2-3-11-8(9)7(6)5(12)4-10/h2-3H,4,10H2,1H3. The van der Waals surface area contributed by atoms with Crippen molar-refractivity contribution in [3.8, 4) is 5.75 Å². The maximum Gasteiger partial charge on any atom is 0.182 e. The molecule has 0 aromatic carbocycles. The van der Waals surface area contributed by atoms with Gasteiger partial charge in [0.2, 0.25) is 0 Å². The third kappa shape index (κ3) is 2.05. The fourth-order valence-corrected chi connectivity index (χ4v) is 1.48. The highest BCUT2D eigenvalue weighted by Gasteiger charge is 2.14. The van der Waals surface area contributed by atoms with Crippen LogP contribution < -0.4 is 10.5 Å². The third-order valence-corrected chi connectivity index (χ3v) is 2.15. The number of methoxy groups -OCH3 is 1. The first kappa shape index (κ1) is 10.1. The highest BCUT2D eigenvalue weighted by molar-refractivity contribution is 9.10. The Morgan fingerprint density at radius 3 is 3.00 bits per heavy atom. The number of carbonyl (C=O) groups excluding carboxylic acids is 1. The minimum atomic E-state index is -0.197. The number of carbonyl (C=O) groups is 1. The second kappa shape index (κ2) is 4.34. The van der Waals surface area contributed by atoms with Crippen molar-refractivity contribution >= 4 is 21.7 Å². The molecule has 0 fully saturated rings. The van der Waals surface area contributed by atoms with Crippen LogP contribution in [0.1, 0.15) is 10.4 Å². The smallest absolute Gasteiger partial charge is 0.182 e. The summed E-state index contributed by atoms with van der Waals surface area (Å²) in [6.07, 6.45) is 1.55. The summed E-state index contributed by atoms with van der Waals surface area (Å²) in [4.78, 5) is 15.3. The summed E-state index contributed by atoms with van der Waals surface area (Å²) in [5, 5.41) is 0. The van der Waals surface area contributed by atoms with E-state index in [1.165, 1.54) is 7.11 Å². The lowest BCUT2D eigenvalue weighted by molar-refractivity contribution is 0.0997. The molecule has 0 atom stereocenters. The number of hydrogen-bond donors (Lipinski definition) is 1. The Morgan fingerprint density at radius 1 is 1.77 bits per heavy atom. The van der Waals surface area contributed by atoms with E-state index in [2.05, 4.69) is 20.9 Å². The molecule has 4 nitrogen and oxygen atoms in total. The molecule has 0 amide bonds. The normalized spacial score (nSPS) is 9.77. The molecule has 5 heteroatoms. The molecule has 1 aromatic heterocycles. The Hall–Kier alpha value is -0.940. The molecule has 0 aliphatic carbocycles. The SMILES string of the molecule is COc1ccnc(Br)c1C(=O)CN. The predicted octanol–water partition coefficient (Wildman–Crippen LogP) is 0.994. The van der Waals surface area contributed by atoms with E-state index in [1.54, 1.807) is 12.3 Å². The second-order valence-electron chi connectivity index (χ2n) is 2.31. The summed E-state index contributed by atoms with van der Waals surface area (Å²) in [7, 11) is 1.50. The number of aromatic nitrogens is 1. The molecule has 1 heterocycles. The molecular formula is C8H9BrN2O2. The highest BCUT2D eigenvalue weighted by atomic mass is 79.9. The fraction of sp³-hybridized carbons (Fsp3) is 0.250. The van der Waals surface area contributed by atoms with Crippen LogP contribution in [0.15, 0.2) is 16.9 Å². The average Bonchev–Trinajstić information content (AvgIpc) is 2.16. The van der Waals surface area contributed by atoms with Crippen LogP contribution in [0.3, 0.4) is 0 Å². The average molecular weight is 245 g/mol. The number of nitrogens with zero attached hydrogens (tertiary/aromatic N) is 1. The Labute approximate surface area is 84.2 Å². The van der Waals surface area contributed by atoms with Crippen LogP contribution >= 0.6 is 15.9 Å². The van der Waals surface area contributed by atoms with Crippen molar-refractivity contribution in [2.75, 3.05) is 13.7 Å². The number of halogens is 1. The van der Waals surface area contributed by atoms with Crippen molar-refractivity contribution < 1.29 is 9.53 Å². The molecule has 0 saturated heterocycles. The Kier molecular flexibility index (Phi) is 3.39. The molecule has 1 aromatic rings. The van der Waals surface area contributed by atoms with Gasteiger partial charge in [0.1, 0.15) is 10.4 Å². The van der Waals surface area contributed by atoms with Crippen molar-refractivity contribution in [1.82, 2.24) is 4.98 Å². The Balaban J connectivity index is 3.22. The van der Waals surface area contributed by atoms with Gasteiger partial charge in [-0.05, 0) is 22.0 Å². The molecule has 0 radical (unpaired) electrons. The highest BCUT2D eigenvalue weighted by Crippen LogP contribution is 2.24. The summed E-state index contributed by atoms with van der Waals surface area (Å²) >= 11 is 3.16. The maximum atomic E-state index is 11.3. The van der Waals surface area contributed by atoms with Crippen LogP contribution in [0.5, 0.6) is 5.75 Å². The van der Waals surface area contributed by atoms with Gasteiger partial charge < -0.3 is 10.5 Å². The molecule has 0 saturated carbocycles. The van der Waals surface area contributed by atoms with Gasteiger partial charge in [-0.1, -0.05) is 0 Å². The van der Waals surface area contributed by atoms with Gasteiger partial charge in [-0.25, -0.2) is 4.98 Å². The number of ether oxygens (including phenoxy) is 1. The Bertz CT molecular complexity index is 328. The zero-order chi connectivity index (χ0) is 9.84. The molecule has 0 bridgehead atoms. The summed E-state index contributed by atoms with van der Waals surface area (Å²) < 4.78 is 5.46. The molecule has 0 aliphatic rings. The monoisotopic (exact) mass is 244 g/mol. The Morgan fingerprint density at radius 2 is 2.46 bits per heavy atom. The fourth-order valence-electron chi connectivity index (χ4n) is 0.945. The molecular weight excluding hydrogens is 236 g/mol. The summed E-state index contributed by atoms with van der Waals surface area (Å²) in [6, 6.07) is 1.62. The molecule has 70 valence electrons. The maximum absolute atomic E-state index is 11.3. The molecule has 1 rings (SSSR count). The lowest BCUT2D eigenvalue weighted by Gasteiger charge is -2.06. The van der Waals surface area contributed by atoms with E-state index in [0.29, 0.717) is 15.9 Å². The van der Waals surface area contributed by atoms with E-state index in [1.807, 2.05) is 0 Å². The summed E-state index contributed by atoms with van der Waals surface area (Å²) in [5.41, 5.74) is 5.64. The van der Waals surface area contributed by atoms with E-state index < -0.39 is 0 Å². The van der Waals surface area contributed by atoms with Gasteiger partial charge in [-0.3, -0.25) is 4.79 Å². The van der Waals surface area contributed by atoms with Gasteiger partial charge in [0, 0.05) is 6.20 Å². The van der Waals surface area contributed by atoms with Gasteiger partial charge in [0.05, 0.1) is 19.2 Å². The number of nitrogens with two attached hydrogens (primary N) is 1. The zero-order valence-electron chi connectivity index (χ0n) is 7.08. The predicted molar refractivity (Wildman–Crippen MR) is 51.9 cm³/mol. The van der Waals surface area contributed by atoms with E-state index >= 15 is 0 Å². The van der Waals surface area contributed by atoms with Gasteiger partial charge in [-0.2, -0.15) is 0 Å². The molecule has 2 N–H and O–H groups in total. The molecule has 0 unspecified atom stereocenters. The largest absolute Gasteiger partial charge is 0.496 e. The number of hydrogen-bond acceptors (Lipinski definition) is 4. The van der Waals surface area contributed by atoms with E-state index in [9.17, 15) is 4.79 Å². The van der Waals surface area contributed by atoms with Crippen LogP contribution in [0.4, 0.5) is 0 Å². The van der Waals surface area contributed by atoms with Crippen LogP contribution in [-0.2, 0) is 0 Å². The summed E-state index contributed by atoms with van der Waals surface area (Å²) in [5.74, 6) is 0.286. The number of rotatable bonds is 3. The first-order valence-corrected chi connectivity index (χ1v) is 4.41. The van der Waals surface area contributed by atoms with Crippen molar-refractivity contribution in [2.45, 2.75) is 0 Å². The summed E-state index contributed by atoms with van der Waals surface area (Å²) in [6.45, 7) is -0.0549. The van der Waals surface area contributed by atoms with E-state index in [0.717, 1.165) is 0 Å². The number of Topliss-reactive ketones (excluding diaryl/α,β-unsaturated/α-hetero) is 1. The lowest BCUT2D eigenvalue weighted by Crippen LogP contribution is -2.15. The van der Waals surface area contributed by atoms with Gasteiger partial charge in [0.25, 0.3) is 0 Å². The van der Waals surface area contributed by atoms with Gasteiger partial charge >= 0.3 is 0 Å². The molecule has 0 spiro atoms. The molecule has 0 aliphatic heterocycles. The minimum Gasteiger partial charge on any atom is -0.496 e. The quantitative estimate of drug-likeness (QED) is 0.637. The first-order valence-electron chi connectivity index (χ1n) is 3.62. The molecule has 13 heavy (non-hydrogen) atoms. The van der Waals surface area contributed by atoms with E-state index in [-0.39, 0.29) is 12.3 Å². The number of ketones is 1. The third-order valence-electron chi connectivity index (χ3n) is 1.55. The van der Waals surface area contributed by atoms with Gasteiger partial charge in [0.15, 0.2) is 5.78 Å². The van der Waals surface area contributed by atoms with E-state index in [4.69, 9.17) is 10.5 Å².